The Kier molecular flexibility index (Phi) is 5.17. The fraction of sp³-hybridized carbons (Fsp3) is 0.278. The maximum atomic E-state index is 12.8. The van der Waals surface area contributed by atoms with Gasteiger partial charge in [-0.2, -0.15) is 4.31 Å². The lowest BCUT2D eigenvalue weighted by molar-refractivity contribution is -0.120. The normalized spacial score (nSPS) is 17.8. The van der Waals surface area contributed by atoms with Gasteiger partial charge in [-0.05, 0) is 42.0 Å². The molecule has 1 heterocycles. The number of hydrogen-bond acceptors (Lipinski definition) is 4. The quantitative estimate of drug-likeness (QED) is 0.834. The summed E-state index contributed by atoms with van der Waals surface area (Å²) in [7, 11) is -3.50. The van der Waals surface area contributed by atoms with Crippen molar-refractivity contribution < 1.29 is 13.2 Å². The highest BCUT2D eigenvalue weighted by molar-refractivity contribution is 7.98. The molecule has 1 aliphatic rings. The Hall–Kier alpha value is -1.83. The van der Waals surface area contributed by atoms with Crippen molar-refractivity contribution in [1.82, 2.24) is 4.31 Å². The first-order valence-electron chi connectivity index (χ1n) is 7.87. The molecule has 2 aromatic rings. The van der Waals surface area contributed by atoms with Crippen molar-refractivity contribution in [2.45, 2.75) is 23.9 Å². The lowest BCUT2D eigenvalue weighted by atomic mass is 9.95. The molecule has 0 saturated heterocycles. The molecule has 2 aromatic carbocycles. The highest BCUT2D eigenvalue weighted by Crippen LogP contribution is 2.27. The molecule has 1 N–H and O–H groups in total. The Bertz CT molecular complexity index is 897. The second-order valence-corrected chi connectivity index (χ2v) is 8.83. The van der Waals surface area contributed by atoms with Crippen molar-refractivity contribution in [2.75, 3.05) is 17.8 Å². The van der Waals surface area contributed by atoms with Crippen LogP contribution in [0.3, 0.4) is 0 Å². The van der Waals surface area contributed by atoms with E-state index >= 15 is 0 Å². The fourth-order valence-electron chi connectivity index (χ4n) is 3.00. The largest absolute Gasteiger partial charge is 0.325 e. The average Bonchev–Trinajstić information content (AvgIpc) is 2.60. The van der Waals surface area contributed by atoms with E-state index in [1.165, 1.54) is 4.31 Å². The minimum Gasteiger partial charge on any atom is -0.325 e. The van der Waals surface area contributed by atoms with Crippen LogP contribution in [0.5, 0.6) is 0 Å². The van der Waals surface area contributed by atoms with Crippen LogP contribution in [0.4, 0.5) is 5.69 Å². The van der Waals surface area contributed by atoms with Crippen molar-refractivity contribution >= 4 is 33.4 Å². The van der Waals surface area contributed by atoms with Crippen LogP contribution in [0.2, 0.25) is 0 Å². The topological polar surface area (TPSA) is 66.5 Å². The molecule has 1 unspecified atom stereocenters. The van der Waals surface area contributed by atoms with E-state index in [0.717, 1.165) is 22.3 Å². The lowest BCUT2D eigenvalue weighted by Crippen LogP contribution is -2.50. The third-order valence-electron chi connectivity index (χ3n) is 4.27. The van der Waals surface area contributed by atoms with E-state index in [9.17, 15) is 13.2 Å². The highest BCUT2D eigenvalue weighted by Gasteiger charge is 2.36. The summed E-state index contributed by atoms with van der Waals surface area (Å²) >= 11 is 1.58. The number of sulfonamides is 1. The van der Waals surface area contributed by atoms with Crippen LogP contribution in [-0.2, 0) is 27.8 Å². The Balaban J connectivity index is 1.88. The van der Waals surface area contributed by atoms with Gasteiger partial charge in [-0.15, -0.1) is 11.8 Å². The van der Waals surface area contributed by atoms with Gasteiger partial charge in [-0.1, -0.05) is 30.3 Å². The molecule has 3 rings (SSSR count). The Morgan fingerprint density at radius 2 is 1.88 bits per heavy atom. The maximum Gasteiger partial charge on any atom is 0.243 e. The zero-order valence-corrected chi connectivity index (χ0v) is 15.7. The SMILES string of the molecule is CSc1cccc(NC(=O)C2Cc3ccccc3CN2S(C)(=O)=O)c1. The van der Waals surface area contributed by atoms with Gasteiger partial charge in [0.25, 0.3) is 0 Å². The van der Waals surface area contributed by atoms with E-state index in [2.05, 4.69) is 5.32 Å². The second-order valence-electron chi connectivity index (χ2n) is 6.02. The van der Waals surface area contributed by atoms with Crippen molar-refractivity contribution in [3.05, 3.63) is 59.7 Å². The van der Waals surface area contributed by atoms with Gasteiger partial charge < -0.3 is 5.32 Å². The molecule has 0 fully saturated rings. The third kappa shape index (κ3) is 4.05. The summed E-state index contributed by atoms with van der Waals surface area (Å²) in [4.78, 5) is 13.8. The molecule has 0 bridgehead atoms. The zero-order valence-electron chi connectivity index (χ0n) is 14.1. The summed E-state index contributed by atoms with van der Waals surface area (Å²) < 4.78 is 25.7. The van der Waals surface area contributed by atoms with E-state index in [0.29, 0.717) is 12.1 Å². The van der Waals surface area contributed by atoms with Crippen molar-refractivity contribution in [3.63, 3.8) is 0 Å². The summed E-state index contributed by atoms with van der Waals surface area (Å²) in [6.07, 6.45) is 3.48. The number of carbonyl (C=O) groups excluding carboxylic acids is 1. The van der Waals surface area contributed by atoms with Crippen LogP contribution in [0.15, 0.2) is 53.4 Å². The predicted octanol–water partition coefficient (Wildman–Crippen LogP) is 2.73. The minimum absolute atomic E-state index is 0.220. The van der Waals surface area contributed by atoms with E-state index in [1.54, 1.807) is 17.8 Å². The summed E-state index contributed by atoms with van der Waals surface area (Å²) in [5, 5.41) is 2.86. The number of amides is 1. The predicted molar refractivity (Wildman–Crippen MR) is 101 cm³/mol. The third-order valence-corrected chi connectivity index (χ3v) is 6.23. The molecule has 132 valence electrons. The molecule has 25 heavy (non-hydrogen) atoms. The molecule has 0 aromatic heterocycles. The van der Waals surface area contributed by atoms with Gasteiger partial charge in [-0.25, -0.2) is 8.42 Å². The van der Waals surface area contributed by atoms with E-state index in [1.807, 2.05) is 48.7 Å². The smallest absolute Gasteiger partial charge is 0.243 e. The highest BCUT2D eigenvalue weighted by atomic mass is 32.2. The van der Waals surface area contributed by atoms with Crippen LogP contribution in [0, 0.1) is 0 Å². The molecule has 7 heteroatoms. The summed E-state index contributed by atoms with van der Waals surface area (Å²) in [5.74, 6) is -0.307. The number of thioether (sulfide) groups is 1. The number of nitrogens with one attached hydrogen (secondary N) is 1. The number of carbonyl (C=O) groups is 1. The number of hydrogen-bond donors (Lipinski definition) is 1. The summed E-state index contributed by atoms with van der Waals surface area (Å²) in [5.41, 5.74) is 2.63. The summed E-state index contributed by atoms with van der Waals surface area (Å²) in [6.45, 7) is 0.220. The van der Waals surface area contributed by atoms with Gasteiger partial charge in [0.05, 0.1) is 6.26 Å². The minimum atomic E-state index is -3.50. The Morgan fingerprint density at radius 1 is 1.16 bits per heavy atom. The maximum absolute atomic E-state index is 12.8. The van der Waals surface area contributed by atoms with E-state index in [-0.39, 0.29) is 12.5 Å². The number of anilines is 1. The Morgan fingerprint density at radius 3 is 2.56 bits per heavy atom. The monoisotopic (exact) mass is 376 g/mol. The first-order chi connectivity index (χ1) is 11.9. The van der Waals surface area contributed by atoms with Gasteiger partial charge in [-0.3, -0.25) is 4.79 Å². The van der Waals surface area contributed by atoms with Crippen LogP contribution < -0.4 is 5.32 Å². The van der Waals surface area contributed by atoms with Gasteiger partial charge in [0.1, 0.15) is 6.04 Å². The van der Waals surface area contributed by atoms with Crippen LogP contribution >= 0.6 is 11.8 Å². The molecule has 5 nitrogen and oxygen atoms in total. The number of fused-ring (bicyclic) bond motifs is 1. The van der Waals surface area contributed by atoms with Gasteiger partial charge >= 0.3 is 0 Å². The van der Waals surface area contributed by atoms with E-state index in [4.69, 9.17) is 0 Å². The number of rotatable bonds is 4. The molecular formula is C18H20N2O3S2. The molecule has 0 radical (unpaired) electrons. The standard InChI is InChI=1S/C18H20N2O3S2/c1-24-16-9-5-8-15(11-16)19-18(21)17-10-13-6-3-4-7-14(13)12-20(17)25(2,22)23/h3-9,11,17H,10,12H2,1-2H3,(H,19,21). The second kappa shape index (κ2) is 7.19. The van der Waals surface area contributed by atoms with Crippen molar-refractivity contribution in [2.24, 2.45) is 0 Å². The lowest BCUT2D eigenvalue weighted by Gasteiger charge is -2.34. The van der Waals surface area contributed by atoms with Crippen LogP contribution in [0.1, 0.15) is 11.1 Å². The molecular weight excluding hydrogens is 356 g/mol. The first kappa shape index (κ1) is 18.0. The fourth-order valence-corrected chi connectivity index (χ4v) is 4.46. The first-order valence-corrected chi connectivity index (χ1v) is 10.9. The number of nitrogens with zero attached hydrogens (tertiary/aromatic N) is 1. The van der Waals surface area contributed by atoms with Crippen molar-refractivity contribution in [3.8, 4) is 0 Å². The molecule has 0 spiro atoms. The average molecular weight is 377 g/mol. The zero-order chi connectivity index (χ0) is 18.0. The molecule has 0 aliphatic carbocycles. The summed E-state index contributed by atoms with van der Waals surface area (Å²) in [6, 6.07) is 14.4. The van der Waals surface area contributed by atoms with E-state index < -0.39 is 16.1 Å². The molecule has 0 saturated carbocycles. The van der Waals surface area contributed by atoms with Gasteiger partial charge in [0.2, 0.25) is 15.9 Å². The molecule has 1 amide bonds. The van der Waals surface area contributed by atoms with Crippen molar-refractivity contribution in [1.29, 1.82) is 0 Å². The molecule has 1 atom stereocenters. The van der Waals surface area contributed by atoms with Crippen LogP contribution in [0.25, 0.3) is 0 Å². The Labute approximate surface area is 152 Å². The molecule has 1 aliphatic heterocycles. The van der Waals surface area contributed by atoms with Gasteiger partial charge in [0.15, 0.2) is 0 Å². The van der Waals surface area contributed by atoms with Crippen LogP contribution in [-0.4, -0.2) is 37.2 Å². The number of benzene rings is 2. The van der Waals surface area contributed by atoms with Gasteiger partial charge in [0, 0.05) is 17.1 Å².